The molecule has 0 fully saturated rings. The van der Waals surface area contributed by atoms with E-state index in [1.54, 1.807) is 6.07 Å². The first kappa shape index (κ1) is 15.3. The highest BCUT2D eigenvalue weighted by Crippen LogP contribution is 2.22. The number of anilines is 1. The topological polar surface area (TPSA) is 72.2 Å². The smallest absolute Gasteiger partial charge is 0.234 e. The van der Waals surface area contributed by atoms with Gasteiger partial charge in [-0.15, -0.1) is 0 Å². The van der Waals surface area contributed by atoms with E-state index in [0.717, 1.165) is 11.1 Å². The summed E-state index contributed by atoms with van der Waals surface area (Å²) in [4.78, 5) is 0. The SMILES string of the molecule is O=S(=O)(CCc1ccccc1)Nc1cc(-c2ccccc2)on1. The molecule has 0 radical (unpaired) electrons. The van der Waals surface area contributed by atoms with Crippen LogP contribution >= 0.6 is 0 Å². The quantitative estimate of drug-likeness (QED) is 0.753. The molecule has 6 heteroatoms. The van der Waals surface area contributed by atoms with E-state index >= 15 is 0 Å². The van der Waals surface area contributed by atoms with Gasteiger partial charge < -0.3 is 4.52 Å². The first-order valence-electron chi connectivity index (χ1n) is 7.19. The van der Waals surface area contributed by atoms with Gasteiger partial charge in [0.15, 0.2) is 11.6 Å². The van der Waals surface area contributed by atoms with Gasteiger partial charge in [0, 0.05) is 11.6 Å². The van der Waals surface area contributed by atoms with Gasteiger partial charge in [0.25, 0.3) is 0 Å². The van der Waals surface area contributed by atoms with Crippen molar-refractivity contribution in [1.29, 1.82) is 0 Å². The summed E-state index contributed by atoms with van der Waals surface area (Å²) in [6, 6.07) is 20.4. The van der Waals surface area contributed by atoms with Gasteiger partial charge in [-0.2, -0.15) is 0 Å². The predicted octanol–water partition coefficient (Wildman–Crippen LogP) is 3.33. The lowest BCUT2D eigenvalue weighted by Crippen LogP contribution is -2.18. The molecule has 23 heavy (non-hydrogen) atoms. The van der Waals surface area contributed by atoms with Crippen LogP contribution in [0.2, 0.25) is 0 Å². The molecule has 0 aliphatic rings. The molecule has 0 saturated carbocycles. The highest BCUT2D eigenvalue weighted by molar-refractivity contribution is 7.92. The van der Waals surface area contributed by atoms with E-state index < -0.39 is 10.0 Å². The first-order valence-corrected chi connectivity index (χ1v) is 8.84. The highest BCUT2D eigenvalue weighted by Gasteiger charge is 2.14. The van der Waals surface area contributed by atoms with E-state index in [4.69, 9.17) is 4.52 Å². The van der Waals surface area contributed by atoms with Crippen LogP contribution in [0.4, 0.5) is 5.82 Å². The lowest BCUT2D eigenvalue weighted by Gasteiger charge is -2.04. The molecule has 0 atom stereocenters. The summed E-state index contributed by atoms with van der Waals surface area (Å²) in [6.45, 7) is 0. The summed E-state index contributed by atoms with van der Waals surface area (Å²) < 4.78 is 31.9. The van der Waals surface area contributed by atoms with Crippen LogP contribution in [-0.4, -0.2) is 19.3 Å². The summed E-state index contributed by atoms with van der Waals surface area (Å²) in [7, 11) is -3.47. The lowest BCUT2D eigenvalue weighted by atomic mass is 10.2. The molecule has 2 aromatic carbocycles. The minimum absolute atomic E-state index is 0.00938. The van der Waals surface area contributed by atoms with Crippen molar-refractivity contribution in [2.75, 3.05) is 10.5 Å². The molecule has 1 N–H and O–H groups in total. The summed E-state index contributed by atoms with van der Waals surface area (Å²) >= 11 is 0. The predicted molar refractivity (Wildman–Crippen MR) is 89.5 cm³/mol. The summed E-state index contributed by atoms with van der Waals surface area (Å²) in [6.07, 6.45) is 0.444. The maximum absolute atomic E-state index is 12.1. The van der Waals surface area contributed by atoms with Gasteiger partial charge in [0.2, 0.25) is 10.0 Å². The van der Waals surface area contributed by atoms with Gasteiger partial charge in [0.1, 0.15) is 0 Å². The van der Waals surface area contributed by atoms with Crippen LogP contribution in [-0.2, 0) is 16.4 Å². The molecule has 0 saturated heterocycles. The number of rotatable bonds is 6. The van der Waals surface area contributed by atoms with Crippen molar-refractivity contribution < 1.29 is 12.9 Å². The number of hydrogen-bond donors (Lipinski definition) is 1. The largest absolute Gasteiger partial charge is 0.354 e. The molecule has 0 aliphatic heterocycles. The van der Waals surface area contributed by atoms with Crippen LogP contribution in [0.25, 0.3) is 11.3 Å². The lowest BCUT2D eigenvalue weighted by molar-refractivity contribution is 0.435. The Kier molecular flexibility index (Phi) is 4.43. The van der Waals surface area contributed by atoms with Crippen molar-refractivity contribution in [1.82, 2.24) is 5.16 Å². The third-order valence-corrected chi connectivity index (χ3v) is 4.59. The number of aromatic nitrogens is 1. The molecule has 3 rings (SSSR count). The molecule has 3 aromatic rings. The van der Waals surface area contributed by atoms with Gasteiger partial charge in [-0.25, -0.2) is 8.42 Å². The minimum Gasteiger partial charge on any atom is -0.354 e. The second kappa shape index (κ2) is 6.66. The monoisotopic (exact) mass is 328 g/mol. The molecule has 0 spiro atoms. The maximum Gasteiger partial charge on any atom is 0.234 e. The average molecular weight is 328 g/mol. The van der Waals surface area contributed by atoms with Gasteiger partial charge in [-0.3, -0.25) is 4.72 Å². The van der Waals surface area contributed by atoms with Crippen molar-refractivity contribution in [2.45, 2.75) is 6.42 Å². The Morgan fingerprint density at radius 1 is 0.957 bits per heavy atom. The van der Waals surface area contributed by atoms with Crippen LogP contribution in [0, 0.1) is 0 Å². The van der Waals surface area contributed by atoms with Crippen LogP contribution in [0.1, 0.15) is 5.56 Å². The van der Waals surface area contributed by atoms with E-state index in [1.807, 2.05) is 60.7 Å². The summed E-state index contributed by atoms with van der Waals surface area (Å²) in [5, 5.41) is 3.77. The molecule has 0 amide bonds. The Balaban J connectivity index is 1.65. The first-order chi connectivity index (χ1) is 11.1. The summed E-state index contributed by atoms with van der Waals surface area (Å²) in [5.74, 6) is 0.702. The van der Waals surface area contributed by atoms with Crippen LogP contribution in [0.15, 0.2) is 71.3 Å². The molecule has 118 valence electrons. The molecule has 1 heterocycles. The Labute approximate surface area is 135 Å². The fourth-order valence-corrected chi connectivity index (χ4v) is 3.19. The molecule has 0 unspecified atom stereocenters. The Hall–Kier alpha value is -2.60. The van der Waals surface area contributed by atoms with Crippen molar-refractivity contribution in [2.24, 2.45) is 0 Å². The van der Waals surface area contributed by atoms with E-state index in [9.17, 15) is 8.42 Å². The van der Waals surface area contributed by atoms with Crippen molar-refractivity contribution in [3.8, 4) is 11.3 Å². The standard InChI is InChI=1S/C17H16N2O3S/c20-23(21,12-11-14-7-3-1-4-8-14)19-17-13-16(22-18-17)15-9-5-2-6-10-15/h1-10,13H,11-12H2,(H,18,19). The van der Waals surface area contributed by atoms with E-state index in [2.05, 4.69) is 9.88 Å². The number of aryl methyl sites for hydroxylation is 1. The van der Waals surface area contributed by atoms with Crippen LogP contribution in [0.5, 0.6) is 0 Å². The summed E-state index contributed by atoms with van der Waals surface area (Å²) in [5.41, 5.74) is 1.82. The molecule has 5 nitrogen and oxygen atoms in total. The zero-order chi connectivity index (χ0) is 16.1. The Morgan fingerprint density at radius 3 is 2.30 bits per heavy atom. The zero-order valence-corrected chi connectivity index (χ0v) is 13.2. The number of benzene rings is 2. The van der Waals surface area contributed by atoms with E-state index in [0.29, 0.717) is 12.2 Å². The number of nitrogens with one attached hydrogen (secondary N) is 1. The molecular weight excluding hydrogens is 312 g/mol. The zero-order valence-electron chi connectivity index (χ0n) is 12.3. The fraction of sp³-hybridized carbons (Fsp3) is 0.118. The van der Waals surface area contributed by atoms with Gasteiger partial charge >= 0.3 is 0 Å². The van der Waals surface area contributed by atoms with Gasteiger partial charge in [-0.1, -0.05) is 65.8 Å². The molecule has 0 aliphatic carbocycles. The van der Waals surface area contributed by atoms with Crippen molar-refractivity contribution in [3.05, 3.63) is 72.3 Å². The van der Waals surface area contributed by atoms with Crippen LogP contribution < -0.4 is 4.72 Å². The molecule has 0 bridgehead atoms. The van der Waals surface area contributed by atoms with Crippen molar-refractivity contribution >= 4 is 15.8 Å². The normalized spacial score (nSPS) is 11.3. The highest BCUT2D eigenvalue weighted by atomic mass is 32.2. The Morgan fingerprint density at radius 2 is 1.61 bits per heavy atom. The van der Waals surface area contributed by atoms with Gasteiger partial charge in [-0.05, 0) is 12.0 Å². The van der Waals surface area contributed by atoms with Crippen LogP contribution in [0.3, 0.4) is 0 Å². The Bertz CT molecular complexity index is 859. The third kappa shape index (κ3) is 4.20. The maximum atomic E-state index is 12.1. The molecular formula is C17H16N2O3S. The van der Waals surface area contributed by atoms with Crippen molar-refractivity contribution in [3.63, 3.8) is 0 Å². The van der Waals surface area contributed by atoms with Gasteiger partial charge in [0.05, 0.1) is 5.75 Å². The molecule has 1 aromatic heterocycles. The average Bonchev–Trinajstić information content (AvgIpc) is 3.03. The number of sulfonamides is 1. The second-order valence-electron chi connectivity index (χ2n) is 5.10. The van der Waals surface area contributed by atoms with E-state index in [-0.39, 0.29) is 11.6 Å². The minimum atomic E-state index is -3.47. The fourth-order valence-electron chi connectivity index (χ4n) is 2.17. The third-order valence-electron chi connectivity index (χ3n) is 3.33. The second-order valence-corrected chi connectivity index (χ2v) is 6.94. The number of hydrogen-bond acceptors (Lipinski definition) is 4. The number of nitrogens with zero attached hydrogens (tertiary/aromatic N) is 1. The van der Waals surface area contributed by atoms with E-state index in [1.165, 1.54) is 0 Å².